The molecule has 7 heteroatoms. The summed E-state index contributed by atoms with van der Waals surface area (Å²) in [5.74, 6) is 2.78. The summed E-state index contributed by atoms with van der Waals surface area (Å²) in [5, 5.41) is 3.01. The average molecular weight is 440 g/mol. The highest BCUT2D eigenvalue weighted by Gasteiger charge is 2.24. The first-order chi connectivity index (χ1) is 15.6. The lowest BCUT2D eigenvalue weighted by molar-refractivity contribution is 0.144. The van der Waals surface area contributed by atoms with Gasteiger partial charge in [0.2, 0.25) is 6.79 Å². The van der Waals surface area contributed by atoms with Gasteiger partial charge in [0.25, 0.3) is 0 Å². The van der Waals surface area contributed by atoms with Crippen LogP contribution in [0.4, 0.5) is 10.5 Å². The SMILES string of the molecule is CCN(C[C@@H]1CCCN(CCc2cccc(OC)c2)C1)C(=O)Nc1ccc2c(c1)OCO2. The van der Waals surface area contributed by atoms with Crippen molar-refractivity contribution >= 4 is 11.7 Å². The summed E-state index contributed by atoms with van der Waals surface area (Å²) < 4.78 is 16.1. The van der Waals surface area contributed by atoms with Crippen LogP contribution in [-0.4, -0.2) is 62.5 Å². The lowest BCUT2D eigenvalue weighted by atomic mass is 9.97. The van der Waals surface area contributed by atoms with E-state index in [-0.39, 0.29) is 12.8 Å². The van der Waals surface area contributed by atoms with E-state index >= 15 is 0 Å². The van der Waals surface area contributed by atoms with E-state index in [1.165, 1.54) is 12.0 Å². The number of carbonyl (C=O) groups excluding carboxylic acids is 1. The van der Waals surface area contributed by atoms with Crippen molar-refractivity contribution in [2.45, 2.75) is 26.2 Å². The molecule has 2 aromatic carbocycles. The highest BCUT2D eigenvalue weighted by atomic mass is 16.7. The lowest BCUT2D eigenvalue weighted by Gasteiger charge is -2.35. The molecule has 0 bridgehead atoms. The van der Waals surface area contributed by atoms with Crippen molar-refractivity contribution in [2.24, 2.45) is 5.92 Å². The molecule has 0 aliphatic carbocycles. The molecule has 0 aromatic heterocycles. The minimum Gasteiger partial charge on any atom is -0.497 e. The molecule has 2 heterocycles. The number of ether oxygens (including phenoxy) is 3. The predicted octanol–water partition coefficient (Wildman–Crippen LogP) is 4.23. The van der Waals surface area contributed by atoms with Crippen LogP contribution < -0.4 is 19.5 Å². The zero-order valence-electron chi connectivity index (χ0n) is 19.0. The summed E-state index contributed by atoms with van der Waals surface area (Å²) in [4.78, 5) is 17.3. The number of anilines is 1. The molecule has 0 unspecified atom stereocenters. The van der Waals surface area contributed by atoms with Crippen LogP contribution in [0.3, 0.4) is 0 Å². The van der Waals surface area contributed by atoms with Crippen molar-refractivity contribution in [3.05, 3.63) is 48.0 Å². The molecule has 32 heavy (non-hydrogen) atoms. The molecule has 4 rings (SSSR count). The van der Waals surface area contributed by atoms with Crippen molar-refractivity contribution in [1.29, 1.82) is 0 Å². The van der Waals surface area contributed by atoms with Crippen molar-refractivity contribution in [2.75, 3.05) is 51.9 Å². The fourth-order valence-electron chi connectivity index (χ4n) is 4.46. The number of carbonyl (C=O) groups is 1. The maximum Gasteiger partial charge on any atom is 0.321 e. The van der Waals surface area contributed by atoms with Crippen LogP contribution in [0, 0.1) is 5.92 Å². The number of methoxy groups -OCH3 is 1. The fraction of sp³-hybridized carbons (Fsp3) is 0.480. The number of urea groups is 1. The van der Waals surface area contributed by atoms with Gasteiger partial charge in [-0.05, 0) is 68.5 Å². The quantitative estimate of drug-likeness (QED) is 0.667. The third kappa shape index (κ3) is 5.65. The Labute approximate surface area is 190 Å². The van der Waals surface area contributed by atoms with Crippen LogP contribution in [0.2, 0.25) is 0 Å². The van der Waals surface area contributed by atoms with Crippen LogP contribution >= 0.6 is 0 Å². The molecular formula is C25H33N3O4. The normalized spacial score (nSPS) is 17.8. The first kappa shape index (κ1) is 22.3. The third-order valence-corrected chi connectivity index (χ3v) is 6.23. The summed E-state index contributed by atoms with van der Waals surface area (Å²) >= 11 is 0. The van der Waals surface area contributed by atoms with Gasteiger partial charge in [-0.15, -0.1) is 0 Å². The van der Waals surface area contributed by atoms with Crippen LogP contribution in [0.25, 0.3) is 0 Å². The van der Waals surface area contributed by atoms with E-state index in [2.05, 4.69) is 22.3 Å². The molecule has 2 aromatic rings. The van der Waals surface area contributed by atoms with Crippen molar-refractivity contribution in [1.82, 2.24) is 9.80 Å². The minimum absolute atomic E-state index is 0.0696. The Morgan fingerprint density at radius 2 is 2.09 bits per heavy atom. The standard InChI is InChI=1S/C25H33N3O4/c1-3-28(25(29)26-21-9-10-23-24(15-21)32-18-31-23)17-20-7-5-12-27(16-20)13-11-19-6-4-8-22(14-19)30-2/h4,6,8-10,14-15,20H,3,5,7,11-13,16-18H2,1-2H3,(H,26,29)/t20-/m1/s1. The molecule has 0 spiro atoms. The maximum atomic E-state index is 12.9. The summed E-state index contributed by atoms with van der Waals surface area (Å²) in [6.07, 6.45) is 3.33. The number of nitrogens with one attached hydrogen (secondary N) is 1. The van der Waals surface area contributed by atoms with Gasteiger partial charge in [0, 0.05) is 37.9 Å². The number of hydrogen-bond donors (Lipinski definition) is 1. The molecule has 2 amide bonds. The van der Waals surface area contributed by atoms with E-state index in [1.807, 2.05) is 42.2 Å². The van der Waals surface area contributed by atoms with Gasteiger partial charge in [0.1, 0.15) is 5.75 Å². The number of nitrogens with zero attached hydrogens (tertiary/aromatic N) is 2. The Morgan fingerprint density at radius 1 is 1.22 bits per heavy atom. The van der Waals surface area contributed by atoms with E-state index in [9.17, 15) is 4.79 Å². The Bertz CT molecular complexity index is 920. The van der Waals surface area contributed by atoms with Crippen LogP contribution in [0.1, 0.15) is 25.3 Å². The smallest absolute Gasteiger partial charge is 0.321 e. The second-order valence-electron chi connectivity index (χ2n) is 8.45. The highest BCUT2D eigenvalue weighted by molar-refractivity contribution is 5.89. The van der Waals surface area contributed by atoms with E-state index in [0.717, 1.165) is 50.5 Å². The third-order valence-electron chi connectivity index (χ3n) is 6.23. The van der Waals surface area contributed by atoms with Gasteiger partial charge < -0.3 is 29.3 Å². The molecule has 1 saturated heterocycles. The number of hydrogen-bond acceptors (Lipinski definition) is 5. The van der Waals surface area contributed by atoms with Crippen molar-refractivity contribution in [3.8, 4) is 17.2 Å². The van der Waals surface area contributed by atoms with Crippen LogP contribution in [0.5, 0.6) is 17.2 Å². The number of piperidine rings is 1. The van der Waals surface area contributed by atoms with Gasteiger partial charge in [0.15, 0.2) is 11.5 Å². The van der Waals surface area contributed by atoms with E-state index < -0.39 is 0 Å². The van der Waals surface area contributed by atoms with Gasteiger partial charge >= 0.3 is 6.03 Å². The second kappa shape index (κ2) is 10.6. The largest absolute Gasteiger partial charge is 0.497 e. The average Bonchev–Trinajstić information content (AvgIpc) is 3.29. The zero-order valence-corrected chi connectivity index (χ0v) is 19.0. The predicted molar refractivity (Wildman–Crippen MR) is 125 cm³/mol. The van der Waals surface area contributed by atoms with Gasteiger partial charge in [-0.3, -0.25) is 0 Å². The fourth-order valence-corrected chi connectivity index (χ4v) is 4.46. The molecule has 1 fully saturated rings. The number of rotatable bonds is 8. The van der Waals surface area contributed by atoms with E-state index in [4.69, 9.17) is 14.2 Å². The van der Waals surface area contributed by atoms with E-state index in [0.29, 0.717) is 24.0 Å². The Kier molecular flexibility index (Phi) is 7.37. The zero-order chi connectivity index (χ0) is 22.3. The van der Waals surface area contributed by atoms with Gasteiger partial charge in [-0.2, -0.15) is 0 Å². The Hall–Kier alpha value is -2.93. The molecule has 2 aliphatic rings. The van der Waals surface area contributed by atoms with Crippen LogP contribution in [-0.2, 0) is 6.42 Å². The van der Waals surface area contributed by atoms with E-state index in [1.54, 1.807) is 7.11 Å². The summed E-state index contributed by atoms with van der Waals surface area (Å²) in [6.45, 7) is 6.87. The van der Waals surface area contributed by atoms with Gasteiger partial charge in [-0.25, -0.2) is 4.79 Å². The Balaban J connectivity index is 1.28. The maximum absolute atomic E-state index is 12.9. The molecule has 1 atom stereocenters. The van der Waals surface area contributed by atoms with Crippen molar-refractivity contribution in [3.63, 3.8) is 0 Å². The summed E-state index contributed by atoms with van der Waals surface area (Å²) in [5.41, 5.74) is 2.02. The molecule has 0 saturated carbocycles. The first-order valence-corrected chi connectivity index (χ1v) is 11.5. The first-order valence-electron chi connectivity index (χ1n) is 11.5. The summed E-state index contributed by atoms with van der Waals surface area (Å²) in [6, 6.07) is 13.7. The molecule has 172 valence electrons. The van der Waals surface area contributed by atoms with Crippen molar-refractivity contribution < 1.29 is 19.0 Å². The topological polar surface area (TPSA) is 63.3 Å². The van der Waals surface area contributed by atoms with Gasteiger partial charge in [0.05, 0.1) is 7.11 Å². The number of benzene rings is 2. The molecular weight excluding hydrogens is 406 g/mol. The molecule has 7 nitrogen and oxygen atoms in total. The lowest BCUT2D eigenvalue weighted by Crippen LogP contribution is -2.44. The second-order valence-corrected chi connectivity index (χ2v) is 8.45. The minimum atomic E-state index is -0.0696. The molecule has 2 aliphatic heterocycles. The number of likely N-dealkylation sites (tertiary alicyclic amines) is 1. The highest BCUT2D eigenvalue weighted by Crippen LogP contribution is 2.34. The molecule has 1 N–H and O–H groups in total. The number of fused-ring (bicyclic) bond motifs is 1. The number of amides is 2. The Morgan fingerprint density at radius 3 is 2.94 bits per heavy atom. The van der Waals surface area contributed by atoms with Crippen LogP contribution in [0.15, 0.2) is 42.5 Å². The summed E-state index contributed by atoms with van der Waals surface area (Å²) in [7, 11) is 1.70. The van der Waals surface area contributed by atoms with Gasteiger partial charge in [-0.1, -0.05) is 12.1 Å². The molecule has 0 radical (unpaired) electrons. The monoisotopic (exact) mass is 439 g/mol.